The zero-order valence-electron chi connectivity index (χ0n) is 19.8. The summed E-state index contributed by atoms with van der Waals surface area (Å²) in [6, 6.07) is 7.74. The maximum absolute atomic E-state index is 13.8. The number of carbonyl (C=O) groups excluding carboxylic acids is 1. The Bertz CT molecular complexity index is 845. The topological polar surface area (TPSA) is 66.4 Å². The first kappa shape index (κ1) is 28.1. The SMILES string of the molecule is CC(=O)O[C@H]1[C@H](O[Si](C)(C)C(C)(C)C)[C@@H](I)C(OC(=Nc2ccccc2)C(F)(F)F)O[C@@H]1C. The van der Waals surface area contributed by atoms with Crippen molar-refractivity contribution in [1.29, 1.82) is 0 Å². The Morgan fingerprint density at radius 3 is 2.15 bits per heavy atom. The van der Waals surface area contributed by atoms with Gasteiger partial charge in [0.1, 0.15) is 10.0 Å². The molecule has 1 aromatic carbocycles. The summed E-state index contributed by atoms with van der Waals surface area (Å²) in [7, 11) is -2.38. The summed E-state index contributed by atoms with van der Waals surface area (Å²) in [5, 5.41) is -0.173. The molecule has 0 bridgehead atoms. The molecule has 1 aromatic rings. The van der Waals surface area contributed by atoms with E-state index in [-0.39, 0.29) is 10.7 Å². The summed E-state index contributed by atoms with van der Waals surface area (Å²) >= 11 is 1.95. The van der Waals surface area contributed by atoms with Crippen molar-refractivity contribution < 1.29 is 36.6 Å². The summed E-state index contributed by atoms with van der Waals surface area (Å²) in [4.78, 5) is 15.4. The number of rotatable bonds is 5. The number of ether oxygens (including phenoxy) is 3. The molecule has 1 aliphatic rings. The summed E-state index contributed by atoms with van der Waals surface area (Å²) in [5.74, 6) is -1.94. The molecule has 0 aliphatic carbocycles. The molecule has 1 saturated heterocycles. The van der Waals surface area contributed by atoms with Crippen LogP contribution >= 0.6 is 22.6 Å². The van der Waals surface area contributed by atoms with Gasteiger partial charge in [-0.3, -0.25) is 4.79 Å². The van der Waals surface area contributed by atoms with Crippen LogP contribution in [0, 0.1) is 0 Å². The van der Waals surface area contributed by atoms with E-state index in [1.807, 2.05) is 56.5 Å². The lowest BCUT2D eigenvalue weighted by Gasteiger charge is -2.47. The number of para-hydroxylation sites is 1. The Balaban J connectivity index is 2.39. The molecule has 1 heterocycles. The van der Waals surface area contributed by atoms with Gasteiger partial charge in [0.15, 0.2) is 14.4 Å². The van der Waals surface area contributed by atoms with Crippen molar-refractivity contribution in [2.75, 3.05) is 0 Å². The second-order valence-electron chi connectivity index (χ2n) is 9.44. The molecular weight excluding hydrogens is 570 g/mol. The van der Waals surface area contributed by atoms with Gasteiger partial charge in [0.2, 0.25) is 6.29 Å². The van der Waals surface area contributed by atoms with Crippen LogP contribution < -0.4 is 0 Å². The molecule has 1 aliphatic heterocycles. The number of benzene rings is 1. The van der Waals surface area contributed by atoms with Crippen molar-refractivity contribution in [2.45, 2.75) is 87.5 Å². The molecule has 0 spiro atoms. The fourth-order valence-corrected chi connectivity index (χ4v) is 5.41. The first-order valence-corrected chi connectivity index (χ1v) is 14.7. The van der Waals surface area contributed by atoms with E-state index in [4.69, 9.17) is 18.6 Å². The molecular formula is C22H31F3INO5Si. The predicted octanol–water partition coefficient (Wildman–Crippen LogP) is 6.17. The van der Waals surface area contributed by atoms with E-state index in [0.717, 1.165) is 0 Å². The van der Waals surface area contributed by atoms with Crippen LogP contribution in [0.1, 0.15) is 34.6 Å². The Hall–Kier alpha value is -1.18. The molecule has 6 nitrogen and oxygen atoms in total. The van der Waals surface area contributed by atoms with Gasteiger partial charge in [0.05, 0.1) is 11.8 Å². The minimum Gasteiger partial charge on any atom is -0.457 e. The highest BCUT2D eigenvalue weighted by Gasteiger charge is 2.52. The Kier molecular flexibility index (Phi) is 9.02. The maximum atomic E-state index is 13.8. The fraction of sp³-hybridized carbons (Fsp3) is 0.636. The quantitative estimate of drug-likeness (QED) is 0.101. The Morgan fingerprint density at radius 2 is 1.67 bits per heavy atom. The fourth-order valence-electron chi connectivity index (χ4n) is 2.95. The van der Waals surface area contributed by atoms with Gasteiger partial charge in [-0.25, -0.2) is 4.99 Å². The number of nitrogens with zero attached hydrogens (tertiary/aromatic N) is 1. The minimum atomic E-state index is -4.83. The van der Waals surface area contributed by atoms with E-state index in [0.29, 0.717) is 0 Å². The first-order chi connectivity index (χ1) is 15.0. The summed E-state index contributed by atoms with van der Waals surface area (Å²) < 4.78 is 63.6. The molecule has 33 heavy (non-hydrogen) atoms. The van der Waals surface area contributed by atoms with Gasteiger partial charge in [0, 0.05) is 6.92 Å². The average molecular weight is 601 g/mol. The highest BCUT2D eigenvalue weighted by Crippen LogP contribution is 2.41. The number of hydrogen-bond donors (Lipinski definition) is 0. The van der Waals surface area contributed by atoms with Gasteiger partial charge in [-0.1, -0.05) is 61.6 Å². The van der Waals surface area contributed by atoms with E-state index in [1.54, 1.807) is 25.1 Å². The van der Waals surface area contributed by atoms with Gasteiger partial charge >= 0.3 is 12.1 Å². The van der Waals surface area contributed by atoms with Crippen molar-refractivity contribution >= 4 is 48.5 Å². The van der Waals surface area contributed by atoms with Crippen LogP contribution in [0.5, 0.6) is 0 Å². The molecule has 5 atom stereocenters. The molecule has 186 valence electrons. The second-order valence-corrected chi connectivity index (χ2v) is 15.6. The molecule has 2 rings (SSSR count). The zero-order chi connectivity index (χ0) is 25.2. The standard InChI is InChI=1S/C22H31F3INO5Si/c1-13-17(30-14(2)28)18(32-33(6,7)21(3,4)5)16(26)19(29-13)31-20(22(23,24)25)27-15-11-9-8-10-12-15/h8-13,16-19H,1-7H3/t13-,16-,17-,18-,19?/m1/s1. The van der Waals surface area contributed by atoms with Gasteiger partial charge < -0.3 is 18.6 Å². The molecule has 0 radical (unpaired) electrons. The third kappa shape index (κ3) is 7.40. The average Bonchev–Trinajstić information content (AvgIpc) is 2.66. The van der Waals surface area contributed by atoms with Crippen molar-refractivity contribution in [3.05, 3.63) is 30.3 Å². The number of alkyl halides is 4. The smallest absolute Gasteiger partial charge is 0.457 e. The summed E-state index contributed by atoms with van der Waals surface area (Å²) in [6.07, 6.45) is -8.42. The van der Waals surface area contributed by atoms with Crippen molar-refractivity contribution in [2.24, 2.45) is 4.99 Å². The van der Waals surface area contributed by atoms with E-state index >= 15 is 0 Å². The lowest BCUT2D eigenvalue weighted by molar-refractivity contribution is -0.227. The van der Waals surface area contributed by atoms with Crippen LogP contribution in [0.15, 0.2) is 35.3 Å². The van der Waals surface area contributed by atoms with E-state index < -0.39 is 54.9 Å². The van der Waals surface area contributed by atoms with Crippen LogP contribution in [0.2, 0.25) is 18.1 Å². The van der Waals surface area contributed by atoms with Crippen LogP contribution in [0.25, 0.3) is 0 Å². The number of carbonyl (C=O) groups is 1. The summed E-state index contributed by atoms with van der Waals surface area (Å²) in [5.41, 5.74) is 0.102. The predicted molar refractivity (Wildman–Crippen MR) is 130 cm³/mol. The van der Waals surface area contributed by atoms with Gasteiger partial charge in [-0.2, -0.15) is 13.2 Å². The van der Waals surface area contributed by atoms with Gasteiger partial charge in [-0.05, 0) is 37.2 Å². The lowest BCUT2D eigenvalue weighted by Crippen LogP contribution is -2.61. The van der Waals surface area contributed by atoms with E-state index in [2.05, 4.69) is 4.99 Å². The monoisotopic (exact) mass is 601 g/mol. The van der Waals surface area contributed by atoms with Crippen LogP contribution in [-0.2, 0) is 23.4 Å². The maximum Gasteiger partial charge on any atom is 0.468 e. The van der Waals surface area contributed by atoms with Crippen molar-refractivity contribution in [3.63, 3.8) is 0 Å². The third-order valence-corrected chi connectivity index (χ3v) is 11.5. The lowest BCUT2D eigenvalue weighted by atomic mass is 10.0. The Morgan fingerprint density at radius 1 is 1.09 bits per heavy atom. The molecule has 1 fully saturated rings. The number of hydrogen-bond acceptors (Lipinski definition) is 6. The molecule has 0 N–H and O–H groups in total. The number of esters is 1. The number of halogens is 4. The van der Waals surface area contributed by atoms with Gasteiger partial charge in [-0.15, -0.1) is 0 Å². The van der Waals surface area contributed by atoms with Crippen LogP contribution in [-0.4, -0.2) is 54.9 Å². The van der Waals surface area contributed by atoms with E-state index in [9.17, 15) is 18.0 Å². The van der Waals surface area contributed by atoms with E-state index in [1.165, 1.54) is 19.1 Å². The molecule has 0 amide bonds. The minimum absolute atomic E-state index is 0.102. The van der Waals surface area contributed by atoms with Crippen molar-refractivity contribution in [3.8, 4) is 0 Å². The summed E-state index contributed by atoms with van der Waals surface area (Å²) in [6.45, 7) is 13.1. The molecule has 0 saturated carbocycles. The normalized spacial score (nSPS) is 27.2. The van der Waals surface area contributed by atoms with Crippen LogP contribution in [0.4, 0.5) is 18.9 Å². The number of aliphatic imine (C=N–C) groups is 1. The zero-order valence-corrected chi connectivity index (χ0v) is 22.9. The third-order valence-electron chi connectivity index (χ3n) is 5.71. The highest BCUT2D eigenvalue weighted by atomic mass is 127. The van der Waals surface area contributed by atoms with Crippen LogP contribution in [0.3, 0.4) is 0 Å². The second kappa shape index (κ2) is 10.6. The molecule has 11 heteroatoms. The highest BCUT2D eigenvalue weighted by molar-refractivity contribution is 14.1. The first-order valence-electron chi connectivity index (χ1n) is 10.5. The largest absolute Gasteiger partial charge is 0.468 e. The molecule has 0 aromatic heterocycles. The molecule has 1 unspecified atom stereocenters. The van der Waals surface area contributed by atoms with Crippen molar-refractivity contribution in [1.82, 2.24) is 0 Å². The van der Waals surface area contributed by atoms with Gasteiger partial charge in [0.25, 0.3) is 5.90 Å². The Labute approximate surface area is 207 Å².